The van der Waals surface area contributed by atoms with Crippen LogP contribution >= 0.6 is 0 Å². The van der Waals surface area contributed by atoms with Crippen molar-refractivity contribution in [2.45, 2.75) is 45.4 Å². The van der Waals surface area contributed by atoms with Gasteiger partial charge >= 0.3 is 0 Å². The molecule has 0 aromatic rings. The van der Waals surface area contributed by atoms with Crippen LogP contribution in [0.1, 0.15) is 45.4 Å². The van der Waals surface area contributed by atoms with Gasteiger partial charge in [-0.2, -0.15) is 0 Å². The van der Waals surface area contributed by atoms with Crippen molar-refractivity contribution in [2.75, 3.05) is 13.1 Å². The van der Waals surface area contributed by atoms with Crippen molar-refractivity contribution in [3.05, 3.63) is 11.8 Å². The lowest BCUT2D eigenvalue weighted by atomic mass is 9.92. The first-order valence-electron chi connectivity index (χ1n) is 5.87. The molecule has 13 heavy (non-hydrogen) atoms. The van der Waals surface area contributed by atoms with Gasteiger partial charge in [-0.15, -0.1) is 0 Å². The fraction of sp³-hybridized carbons (Fsp3) is 0.833. The molecular formula is C12H21N. The Hall–Kier alpha value is -0.460. The molecule has 74 valence electrons. The van der Waals surface area contributed by atoms with Gasteiger partial charge in [0.25, 0.3) is 0 Å². The van der Waals surface area contributed by atoms with Crippen LogP contribution in [0.4, 0.5) is 0 Å². The maximum Gasteiger partial charge on any atom is 0.0181 e. The molecule has 0 spiro atoms. The van der Waals surface area contributed by atoms with Crippen molar-refractivity contribution >= 4 is 0 Å². The van der Waals surface area contributed by atoms with Gasteiger partial charge in [0.2, 0.25) is 0 Å². The van der Waals surface area contributed by atoms with Crippen molar-refractivity contribution in [1.29, 1.82) is 0 Å². The van der Waals surface area contributed by atoms with Gasteiger partial charge in [0.05, 0.1) is 0 Å². The summed E-state index contributed by atoms with van der Waals surface area (Å²) in [6.45, 7) is 4.91. The molecule has 1 heteroatoms. The van der Waals surface area contributed by atoms with E-state index in [-0.39, 0.29) is 0 Å². The van der Waals surface area contributed by atoms with E-state index in [2.05, 4.69) is 17.9 Å². The van der Waals surface area contributed by atoms with E-state index in [0.717, 1.165) is 5.92 Å². The first kappa shape index (κ1) is 9.11. The third kappa shape index (κ3) is 1.90. The third-order valence-electron chi connectivity index (χ3n) is 3.42. The Morgan fingerprint density at radius 3 is 3.23 bits per heavy atom. The fourth-order valence-corrected chi connectivity index (χ4v) is 2.64. The number of allylic oxidation sites excluding steroid dienone is 2. The predicted molar refractivity (Wildman–Crippen MR) is 56.5 cm³/mol. The first-order chi connectivity index (χ1) is 6.42. The third-order valence-corrected chi connectivity index (χ3v) is 3.42. The number of rotatable bonds is 3. The Balaban J connectivity index is 1.94. The molecular weight excluding hydrogens is 158 g/mol. The molecule has 1 fully saturated rings. The molecule has 0 radical (unpaired) electrons. The summed E-state index contributed by atoms with van der Waals surface area (Å²) in [5.41, 5.74) is 1.69. The Kier molecular flexibility index (Phi) is 2.92. The summed E-state index contributed by atoms with van der Waals surface area (Å²) in [4.78, 5) is 2.63. The molecule has 0 N–H and O–H groups in total. The molecule has 1 unspecified atom stereocenters. The summed E-state index contributed by atoms with van der Waals surface area (Å²) in [6, 6.07) is 0. The Morgan fingerprint density at radius 1 is 1.46 bits per heavy atom. The minimum absolute atomic E-state index is 0.936. The second-order valence-electron chi connectivity index (χ2n) is 4.39. The van der Waals surface area contributed by atoms with Gasteiger partial charge < -0.3 is 4.90 Å². The molecule has 0 amide bonds. The van der Waals surface area contributed by atoms with Gasteiger partial charge in [0.1, 0.15) is 0 Å². The molecule has 2 rings (SSSR count). The number of likely N-dealkylation sites (tertiary alicyclic amines) is 1. The zero-order chi connectivity index (χ0) is 9.10. The molecule has 1 aliphatic carbocycles. The summed E-state index contributed by atoms with van der Waals surface area (Å²) in [5, 5.41) is 0. The zero-order valence-corrected chi connectivity index (χ0v) is 8.76. The second-order valence-corrected chi connectivity index (χ2v) is 4.39. The highest BCUT2D eigenvalue weighted by Gasteiger charge is 2.28. The van der Waals surface area contributed by atoms with Crippen LogP contribution in [0.2, 0.25) is 0 Å². The summed E-state index contributed by atoms with van der Waals surface area (Å²) in [6.07, 6.45) is 10.8. The Labute approximate surface area is 81.8 Å². The predicted octanol–water partition coefficient (Wildman–Crippen LogP) is 3.18. The van der Waals surface area contributed by atoms with E-state index in [1.807, 2.05) is 0 Å². The average molecular weight is 179 g/mol. The Morgan fingerprint density at radius 2 is 2.38 bits per heavy atom. The highest BCUT2D eigenvalue weighted by atomic mass is 15.2. The van der Waals surface area contributed by atoms with E-state index in [9.17, 15) is 0 Å². The minimum Gasteiger partial charge on any atom is -0.375 e. The maximum atomic E-state index is 2.63. The summed E-state index contributed by atoms with van der Waals surface area (Å²) in [7, 11) is 0. The Bertz CT molecular complexity index is 195. The number of unbranched alkanes of at least 4 members (excludes halogenated alkanes) is 1. The van der Waals surface area contributed by atoms with E-state index in [1.165, 1.54) is 51.6 Å². The maximum absolute atomic E-state index is 2.63. The summed E-state index contributed by atoms with van der Waals surface area (Å²) in [5.74, 6) is 0.936. The van der Waals surface area contributed by atoms with Crippen molar-refractivity contribution in [3.8, 4) is 0 Å². The van der Waals surface area contributed by atoms with Crippen LogP contribution in [-0.4, -0.2) is 18.0 Å². The molecule has 0 aromatic carbocycles. The van der Waals surface area contributed by atoms with Crippen molar-refractivity contribution in [1.82, 2.24) is 4.90 Å². The molecule has 1 saturated heterocycles. The molecule has 1 heterocycles. The van der Waals surface area contributed by atoms with E-state index < -0.39 is 0 Å². The summed E-state index contributed by atoms with van der Waals surface area (Å²) >= 11 is 0. The number of fused-ring (bicyclic) bond motifs is 1. The standard InChI is InChI=1S/C12H21N/c1-2-3-9-13-10-8-11-6-4-5-7-12(11)13/h7,11H,2-6,8-10H2,1H3. The van der Waals surface area contributed by atoms with Crippen LogP contribution < -0.4 is 0 Å². The molecule has 0 aromatic heterocycles. The van der Waals surface area contributed by atoms with Gasteiger partial charge in [-0.25, -0.2) is 0 Å². The van der Waals surface area contributed by atoms with Crippen LogP contribution in [0, 0.1) is 5.92 Å². The van der Waals surface area contributed by atoms with Gasteiger partial charge in [-0.05, 0) is 32.1 Å². The SMILES string of the molecule is CCCCN1CCC2CCCC=C21. The lowest BCUT2D eigenvalue weighted by Crippen LogP contribution is -2.21. The average Bonchev–Trinajstić information content (AvgIpc) is 2.58. The minimum atomic E-state index is 0.936. The fourth-order valence-electron chi connectivity index (χ4n) is 2.64. The smallest absolute Gasteiger partial charge is 0.0181 e. The van der Waals surface area contributed by atoms with Gasteiger partial charge in [0, 0.05) is 24.7 Å². The second kappa shape index (κ2) is 4.17. The van der Waals surface area contributed by atoms with Crippen molar-refractivity contribution < 1.29 is 0 Å². The highest BCUT2D eigenvalue weighted by Crippen LogP contribution is 2.35. The first-order valence-corrected chi connectivity index (χ1v) is 5.87. The number of hydrogen-bond donors (Lipinski definition) is 0. The van der Waals surface area contributed by atoms with Gasteiger partial charge in [-0.3, -0.25) is 0 Å². The van der Waals surface area contributed by atoms with Crippen molar-refractivity contribution in [3.63, 3.8) is 0 Å². The largest absolute Gasteiger partial charge is 0.375 e. The topological polar surface area (TPSA) is 3.24 Å². The van der Waals surface area contributed by atoms with Crippen LogP contribution in [0.5, 0.6) is 0 Å². The van der Waals surface area contributed by atoms with Crippen LogP contribution in [-0.2, 0) is 0 Å². The van der Waals surface area contributed by atoms with Gasteiger partial charge in [-0.1, -0.05) is 19.4 Å². The molecule has 1 nitrogen and oxygen atoms in total. The number of nitrogens with zero attached hydrogens (tertiary/aromatic N) is 1. The number of hydrogen-bond acceptors (Lipinski definition) is 1. The summed E-state index contributed by atoms with van der Waals surface area (Å²) < 4.78 is 0. The lowest BCUT2D eigenvalue weighted by molar-refractivity contribution is 0.371. The molecule has 1 aliphatic heterocycles. The van der Waals surface area contributed by atoms with Crippen LogP contribution in [0.3, 0.4) is 0 Å². The van der Waals surface area contributed by atoms with Crippen molar-refractivity contribution in [2.24, 2.45) is 5.92 Å². The molecule has 1 atom stereocenters. The van der Waals surface area contributed by atoms with E-state index in [1.54, 1.807) is 5.70 Å². The lowest BCUT2D eigenvalue weighted by Gasteiger charge is -2.25. The molecule has 0 saturated carbocycles. The molecule has 0 bridgehead atoms. The zero-order valence-electron chi connectivity index (χ0n) is 8.76. The quantitative estimate of drug-likeness (QED) is 0.643. The molecule has 2 aliphatic rings. The highest BCUT2D eigenvalue weighted by molar-refractivity contribution is 5.13. The van der Waals surface area contributed by atoms with Gasteiger partial charge in [0.15, 0.2) is 0 Å². The van der Waals surface area contributed by atoms with Crippen LogP contribution in [0.25, 0.3) is 0 Å². The monoisotopic (exact) mass is 179 g/mol. The van der Waals surface area contributed by atoms with E-state index in [0.29, 0.717) is 0 Å². The normalized spacial score (nSPS) is 27.3. The van der Waals surface area contributed by atoms with E-state index >= 15 is 0 Å². The van der Waals surface area contributed by atoms with Crippen LogP contribution in [0.15, 0.2) is 11.8 Å². The van der Waals surface area contributed by atoms with E-state index in [4.69, 9.17) is 0 Å².